The van der Waals surface area contributed by atoms with Crippen LogP contribution in [0.5, 0.6) is 5.75 Å². The maximum Gasteiger partial charge on any atom is 0.125 e. The second-order valence-electron chi connectivity index (χ2n) is 5.42. The van der Waals surface area contributed by atoms with E-state index < -0.39 is 6.10 Å². The molecule has 0 radical (unpaired) electrons. The molecule has 2 aromatic rings. The predicted octanol–water partition coefficient (Wildman–Crippen LogP) is 4.24. The third kappa shape index (κ3) is 3.40. The van der Waals surface area contributed by atoms with Crippen molar-refractivity contribution in [2.75, 3.05) is 0 Å². The second kappa shape index (κ2) is 6.10. The Morgan fingerprint density at radius 1 is 1.00 bits per heavy atom. The van der Waals surface area contributed by atoms with Crippen molar-refractivity contribution in [1.29, 1.82) is 0 Å². The van der Waals surface area contributed by atoms with Gasteiger partial charge in [-0.05, 0) is 56.5 Å². The molecular weight excluding hydrogens is 248 g/mol. The molecule has 0 saturated heterocycles. The van der Waals surface area contributed by atoms with Gasteiger partial charge in [-0.3, -0.25) is 0 Å². The maximum absolute atomic E-state index is 9.83. The molecule has 0 aromatic heterocycles. The number of ether oxygens (including phenoxy) is 1. The minimum absolute atomic E-state index is 0.518. The molecule has 0 spiro atoms. The summed E-state index contributed by atoms with van der Waals surface area (Å²) in [6, 6.07) is 12.2. The van der Waals surface area contributed by atoms with E-state index in [9.17, 15) is 5.11 Å². The number of hydrogen-bond donors (Lipinski definition) is 1. The normalized spacial score (nSPS) is 12.2. The summed E-state index contributed by atoms with van der Waals surface area (Å²) in [5.74, 6) is 0.754. The third-order valence-electron chi connectivity index (χ3n) is 3.58. The Bertz CT molecular complexity index is 600. The average molecular weight is 270 g/mol. The van der Waals surface area contributed by atoms with Gasteiger partial charge in [-0.1, -0.05) is 29.8 Å². The smallest absolute Gasteiger partial charge is 0.125 e. The molecule has 0 aliphatic rings. The Morgan fingerprint density at radius 2 is 1.75 bits per heavy atom. The Labute approximate surface area is 121 Å². The van der Waals surface area contributed by atoms with Crippen LogP contribution in [-0.4, -0.2) is 5.11 Å². The summed E-state index contributed by atoms with van der Waals surface area (Å²) in [6.45, 7) is 8.50. The van der Waals surface area contributed by atoms with Crippen molar-refractivity contribution in [3.05, 3.63) is 64.2 Å². The fraction of sp³-hybridized carbons (Fsp3) is 0.333. The lowest BCUT2D eigenvalue weighted by Crippen LogP contribution is -2.02. The first-order chi connectivity index (χ1) is 9.47. The minimum Gasteiger partial charge on any atom is -0.489 e. The Balaban J connectivity index is 2.16. The summed E-state index contributed by atoms with van der Waals surface area (Å²) in [6.07, 6.45) is -0.523. The molecule has 1 atom stereocenters. The lowest BCUT2D eigenvalue weighted by Gasteiger charge is -2.15. The molecule has 2 aromatic carbocycles. The van der Waals surface area contributed by atoms with Crippen LogP contribution < -0.4 is 4.74 Å². The summed E-state index contributed by atoms with van der Waals surface area (Å²) in [7, 11) is 0. The Hall–Kier alpha value is -1.80. The molecule has 1 N–H and O–H groups in total. The van der Waals surface area contributed by atoms with Crippen LogP contribution in [0.1, 0.15) is 40.8 Å². The molecule has 2 nitrogen and oxygen atoms in total. The van der Waals surface area contributed by atoms with E-state index in [1.807, 2.05) is 25.1 Å². The molecule has 2 rings (SSSR count). The number of aryl methyl sites for hydroxylation is 3. The highest BCUT2D eigenvalue weighted by molar-refractivity contribution is 5.38. The predicted molar refractivity (Wildman–Crippen MR) is 82.1 cm³/mol. The molecule has 0 fully saturated rings. The van der Waals surface area contributed by atoms with Crippen molar-refractivity contribution in [2.45, 2.75) is 40.4 Å². The SMILES string of the molecule is Cc1ccc(OCc2ccc(C)c(C)c2)c([C@@H](C)O)c1. The van der Waals surface area contributed by atoms with Gasteiger partial charge < -0.3 is 9.84 Å². The van der Waals surface area contributed by atoms with Crippen LogP contribution in [0.2, 0.25) is 0 Å². The number of rotatable bonds is 4. The van der Waals surface area contributed by atoms with Gasteiger partial charge in [0.2, 0.25) is 0 Å². The van der Waals surface area contributed by atoms with E-state index in [1.165, 1.54) is 11.1 Å². The maximum atomic E-state index is 9.83. The van der Waals surface area contributed by atoms with Crippen LogP contribution in [0.4, 0.5) is 0 Å². The lowest BCUT2D eigenvalue weighted by molar-refractivity contribution is 0.190. The van der Waals surface area contributed by atoms with Gasteiger partial charge in [0.25, 0.3) is 0 Å². The molecule has 0 heterocycles. The topological polar surface area (TPSA) is 29.5 Å². The molecule has 0 unspecified atom stereocenters. The summed E-state index contributed by atoms with van der Waals surface area (Å²) < 4.78 is 5.87. The van der Waals surface area contributed by atoms with E-state index >= 15 is 0 Å². The summed E-state index contributed by atoms with van der Waals surface area (Å²) >= 11 is 0. The van der Waals surface area contributed by atoms with Crippen LogP contribution in [0.15, 0.2) is 36.4 Å². The van der Waals surface area contributed by atoms with E-state index in [2.05, 4.69) is 32.0 Å². The number of aliphatic hydroxyl groups is 1. The quantitative estimate of drug-likeness (QED) is 0.900. The monoisotopic (exact) mass is 270 g/mol. The van der Waals surface area contributed by atoms with Gasteiger partial charge in [-0.2, -0.15) is 0 Å². The fourth-order valence-electron chi connectivity index (χ4n) is 2.18. The lowest BCUT2D eigenvalue weighted by atomic mass is 10.1. The highest BCUT2D eigenvalue weighted by atomic mass is 16.5. The van der Waals surface area contributed by atoms with Crippen LogP contribution in [0.3, 0.4) is 0 Å². The van der Waals surface area contributed by atoms with Crippen molar-refractivity contribution < 1.29 is 9.84 Å². The fourth-order valence-corrected chi connectivity index (χ4v) is 2.18. The first-order valence-electron chi connectivity index (χ1n) is 6.95. The van der Waals surface area contributed by atoms with E-state index in [-0.39, 0.29) is 0 Å². The molecular formula is C18H22O2. The highest BCUT2D eigenvalue weighted by Crippen LogP contribution is 2.27. The van der Waals surface area contributed by atoms with E-state index in [4.69, 9.17) is 4.74 Å². The van der Waals surface area contributed by atoms with Crippen molar-refractivity contribution in [3.63, 3.8) is 0 Å². The van der Waals surface area contributed by atoms with E-state index in [1.54, 1.807) is 6.92 Å². The molecule has 106 valence electrons. The molecule has 0 bridgehead atoms. The van der Waals surface area contributed by atoms with Crippen LogP contribution in [-0.2, 0) is 6.61 Å². The van der Waals surface area contributed by atoms with E-state index in [0.717, 1.165) is 22.4 Å². The van der Waals surface area contributed by atoms with E-state index in [0.29, 0.717) is 6.61 Å². The first kappa shape index (κ1) is 14.6. The van der Waals surface area contributed by atoms with Crippen LogP contribution in [0, 0.1) is 20.8 Å². The van der Waals surface area contributed by atoms with Crippen molar-refractivity contribution in [3.8, 4) is 5.75 Å². The first-order valence-corrected chi connectivity index (χ1v) is 6.95. The van der Waals surface area contributed by atoms with Crippen LogP contribution in [0.25, 0.3) is 0 Å². The standard InChI is InChI=1S/C18H22O2/c1-12-5-8-18(17(9-12)15(4)19)20-11-16-7-6-13(2)14(3)10-16/h5-10,15,19H,11H2,1-4H3/t15-/m1/s1. The molecule has 0 amide bonds. The zero-order valence-corrected chi connectivity index (χ0v) is 12.6. The Morgan fingerprint density at radius 3 is 2.40 bits per heavy atom. The zero-order valence-electron chi connectivity index (χ0n) is 12.6. The van der Waals surface area contributed by atoms with Crippen LogP contribution >= 0.6 is 0 Å². The van der Waals surface area contributed by atoms with Gasteiger partial charge in [0.1, 0.15) is 12.4 Å². The minimum atomic E-state index is -0.523. The summed E-state index contributed by atoms with van der Waals surface area (Å²) in [5.41, 5.74) is 5.66. The zero-order chi connectivity index (χ0) is 14.7. The van der Waals surface area contributed by atoms with Crippen molar-refractivity contribution in [1.82, 2.24) is 0 Å². The highest BCUT2D eigenvalue weighted by Gasteiger charge is 2.09. The molecule has 0 aliphatic heterocycles. The number of aliphatic hydroxyl groups excluding tert-OH is 1. The number of hydrogen-bond acceptors (Lipinski definition) is 2. The summed E-state index contributed by atoms with van der Waals surface area (Å²) in [5, 5.41) is 9.83. The van der Waals surface area contributed by atoms with Gasteiger partial charge in [-0.25, -0.2) is 0 Å². The summed E-state index contributed by atoms with van der Waals surface area (Å²) in [4.78, 5) is 0. The Kier molecular flexibility index (Phi) is 4.46. The second-order valence-corrected chi connectivity index (χ2v) is 5.42. The molecule has 20 heavy (non-hydrogen) atoms. The van der Waals surface area contributed by atoms with Gasteiger partial charge in [0.15, 0.2) is 0 Å². The van der Waals surface area contributed by atoms with Gasteiger partial charge in [0, 0.05) is 5.56 Å². The third-order valence-corrected chi connectivity index (χ3v) is 3.58. The van der Waals surface area contributed by atoms with Gasteiger partial charge >= 0.3 is 0 Å². The molecule has 0 aliphatic carbocycles. The molecule has 0 saturated carbocycles. The largest absolute Gasteiger partial charge is 0.489 e. The van der Waals surface area contributed by atoms with Gasteiger partial charge in [0.05, 0.1) is 6.10 Å². The van der Waals surface area contributed by atoms with Gasteiger partial charge in [-0.15, -0.1) is 0 Å². The number of benzene rings is 2. The van der Waals surface area contributed by atoms with Crippen molar-refractivity contribution in [2.24, 2.45) is 0 Å². The average Bonchev–Trinajstić information content (AvgIpc) is 2.41. The molecule has 2 heteroatoms. The van der Waals surface area contributed by atoms with Crippen molar-refractivity contribution >= 4 is 0 Å².